The molecule has 6 heteroatoms. The Morgan fingerprint density at radius 1 is 1.03 bits per heavy atom. The number of fused-ring (bicyclic) bond motifs is 3. The normalized spacial score (nSPS) is 10.9. The molecule has 1 N–H and O–H groups in total. The number of aromatic nitrogens is 4. The maximum Gasteiger partial charge on any atom is 0.128 e. The summed E-state index contributed by atoms with van der Waals surface area (Å²) >= 11 is 0. The molecule has 3 aromatic heterocycles. The number of aryl methyl sites for hydroxylation is 1. The summed E-state index contributed by atoms with van der Waals surface area (Å²) in [7, 11) is 0. The minimum Gasteiger partial charge on any atom is -0.309 e. The number of halogens is 1. The molecule has 0 saturated heterocycles. The number of nitrogens with one attached hydrogen (secondary N) is 1. The highest BCUT2D eigenvalue weighted by atomic mass is 19.1. The number of benzene rings is 2. The van der Waals surface area contributed by atoms with E-state index in [9.17, 15) is 4.39 Å². The molecule has 5 nitrogen and oxygen atoms in total. The van der Waals surface area contributed by atoms with E-state index in [0.717, 1.165) is 38.9 Å². The van der Waals surface area contributed by atoms with Crippen LogP contribution in [-0.4, -0.2) is 25.2 Å². The molecule has 0 spiro atoms. The van der Waals surface area contributed by atoms with Crippen molar-refractivity contribution >= 4 is 27.6 Å². The summed E-state index contributed by atoms with van der Waals surface area (Å²) in [6.07, 6.45) is 6.12. The lowest BCUT2D eigenvalue weighted by Crippen LogP contribution is -2.04. The summed E-state index contributed by atoms with van der Waals surface area (Å²) in [5.74, 6) is 6.75. The van der Waals surface area contributed by atoms with Crippen molar-refractivity contribution < 1.29 is 4.39 Å². The number of pyridine rings is 2. The van der Waals surface area contributed by atoms with Crippen molar-refractivity contribution in [3.63, 3.8) is 0 Å². The largest absolute Gasteiger partial charge is 0.309 e. The number of nitrogens with zero attached hydrogens (tertiary/aromatic N) is 4. The topological polar surface area (TPSA) is 67.5 Å². The van der Waals surface area contributed by atoms with Crippen LogP contribution in [0.5, 0.6) is 0 Å². The van der Waals surface area contributed by atoms with Gasteiger partial charge in [0.05, 0.1) is 22.9 Å². The molecule has 166 valence electrons. The Kier molecular flexibility index (Phi) is 5.60. The third-order valence-corrected chi connectivity index (χ3v) is 5.79. The second kappa shape index (κ2) is 8.87. The van der Waals surface area contributed by atoms with Crippen molar-refractivity contribution in [1.82, 2.24) is 19.5 Å². The smallest absolute Gasteiger partial charge is 0.128 e. The molecule has 2 aromatic carbocycles. The summed E-state index contributed by atoms with van der Waals surface area (Å²) in [5.41, 5.74) is 5.81. The van der Waals surface area contributed by atoms with E-state index in [1.54, 1.807) is 24.7 Å². The fourth-order valence-electron chi connectivity index (χ4n) is 4.02. The minimum absolute atomic E-state index is 0.318. The van der Waals surface area contributed by atoms with E-state index in [4.69, 9.17) is 5.41 Å². The number of hydrogen-bond acceptors (Lipinski definition) is 4. The van der Waals surface area contributed by atoms with E-state index in [-0.39, 0.29) is 5.82 Å². The minimum atomic E-state index is -0.321. The van der Waals surface area contributed by atoms with Crippen LogP contribution in [0.2, 0.25) is 0 Å². The zero-order valence-corrected chi connectivity index (χ0v) is 18.9. The molecule has 3 heterocycles. The van der Waals surface area contributed by atoms with Gasteiger partial charge in [-0.3, -0.25) is 14.5 Å². The molecule has 5 rings (SSSR count). The predicted molar refractivity (Wildman–Crippen MR) is 133 cm³/mol. The highest BCUT2D eigenvalue weighted by molar-refractivity contribution is 6.03. The Hall–Kier alpha value is -4.37. The lowest BCUT2D eigenvalue weighted by Gasteiger charge is -2.11. The molecule has 0 atom stereocenters. The monoisotopic (exact) mass is 447 g/mol. The van der Waals surface area contributed by atoms with E-state index in [2.05, 4.69) is 26.8 Å². The maximum absolute atomic E-state index is 14.9. The first-order valence-electron chi connectivity index (χ1n) is 11.1. The van der Waals surface area contributed by atoms with Crippen LogP contribution >= 0.6 is 0 Å². The van der Waals surface area contributed by atoms with E-state index < -0.39 is 0 Å². The standard InChI is InChI=1S/C28H22FN5/c1-3-22(30)14-21-9-10-23(15-25(21)29)34-18(2)33-27-17-32-26-11-8-19(13-24(26)28(27)34)6-7-20-5-4-12-31-16-20/h4-5,8-13,15-17,30H,3,14H2,1-2H3. The molecule has 0 aliphatic heterocycles. The Balaban J connectivity index is 1.65. The fraction of sp³-hybridized carbons (Fsp3) is 0.143. The van der Waals surface area contributed by atoms with Crippen LogP contribution in [0.4, 0.5) is 4.39 Å². The maximum atomic E-state index is 14.9. The Morgan fingerprint density at radius 2 is 1.88 bits per heavy atom. The highest BCUT2D eigenvalue weighted by Crippen LogP contribution is 2.29. The molecule has 0 unspecified atom stereocenters. The van der Waals surface area contributed by atoms with Crippen LogP contribution in [0, 0.1) is 30.0 Å². The zero-order chi connectivity index (χ0) is 23.7. The van der Waals surface area contributed by atoms with Gasteiger partial charge < -0.3 is 5.41 Å². The summed E-state index contributed by atoms with van der Waals surface area (Å²) in [6, 6.07) is 14.8. The van der Waals surface area contributed by atoms with Gasteiger partial charge in [-0.2, -0.15) is 0 Å². The van der Waals surface area contributed by atoms with E-state index >= 15 is 0 Å². The highest BCUT2D eigenvalue weighted by Gasteiger charge is 2.15. The molecule has 0 amide bonds. The summed E-state index contributed by atoms with van der Waals surface area (Å²) in [5, 5.41) is 8.80. The molecular formula is C28H22FN5. The third-order valence-electron chi connectivity index (χ3n) is 5.79. The van der Waals surface area contributed by atoms with Gasteiger partial charge in [0.15, 0.2) is 0 Å². The van der Waals surface area contributed by atoms with Crippen molar-refractivity contribution in [2.75, 3.05) is 0 Å². The number of rotatable bonds is 4. The molecule has 34 heavy (non-hydrogen) atoms. The summed E-state index contributed by atoms with van der Waals surface area (Å²) in [6.45, 7) is 3.81. The lowest BCUT2D eigenvalue weighted by molar-refractivity contribution is 0.614. The van der Waals surface area contributed by atoms with Gasteiger partial charge in [0.1, 0.15) is 17.2 Å². The van der Waals surface area contributed by atoms with Gasteiger partial charge in [-0.05, 0) is 61.4 Å². The Bertz CT molecular complexity index is 1610. The van der Waals surface area contributed by atoms with Crippen LogP contribution < -0.4 is 0 Å². The van der Waals surface area contributed by atoms with Crippen molar-refractivity contribution in [2.24, 2.45) is 0 Å². The number of hydrogen-bond donors (Lipinski definition) is 1. The molecule has 5 aromatic rings. The van der Waals surface area contributed by atoms with Gasteiger partial charge in [-0.1, -0.05) is 24.8 Å². The average molecular weight is 448 g/mol. The average Bonchev–Trinajstić information content (AvgIpc) is 3.20. The van der Waals surface area contributed by atoms with E-state index in [1.165, 1.54) is 6.07 Å². The van der Waals surface area contributed by atoms with Crippen molar-refractivity contribution in [2.45, 2.75) is 26.7 Å². The van der Waals surface area contributed by atoms with Gasteiger partial charge in [-0.25, -0.2) is 9.37 Å². The quantitative estimate of drug-likeness (QED) is 0.280. The van der Waals surface area contributed by atoms with Gasteiger partial charge in [-0.15, -0.1) is 0 Å². The van der Waals surface area contributed by atoms with Crippen molar-refractivity contribution in [3.05, 3.63) is 95.5 Å². The second-order valence-electron chi connectivity index (χ2n) is 8.12. The van der Waals surface area contributed by atoms with Crippen LogP contribution in [0.15, 0.2) is 67.1 Å². The lowest BCUT2D eigenvalue weighted by atomic mass is 10.1. The zero-order valence-electron chi connectivity index (χ0n) is 18.9. The first-order chi connectivity index (χ1) is 16.5. The molecule has 0 bridgehead atoms. The van der Waals surface area contributed by atoms with Crippen molar-refractivity contribution in [3.8, 4) is 17.5 Å². The molecule has 0 radical (unpaired) electrons. The summed E-state index contributed by atoms with van der Waals surface area (Å²) < 4.78 is 16.9. The second-order valence-corrected chi connectivity index (χ2v) is 8.12. The van der Waals surface area contributed by atoms with Crippen LogP contribution in [0.1, 0.15) is 35.9 Å². The predicted octanol–water partition coefficient (Wildman–Crippen LogP) is 5.79. The van der Waals surface area contributed by atoms with Crippen LogP contribution in [0.25, 0.3) is 27.6 Å². The first kappa shape index (κ1) is 21.5. The molecule has 0 aliphatic carbocycles. The first-order valence-corrected chi connectivity index (χ1v) is 11.1. The summed E-state index contributed by atoms with van der Waals surface area (Å²) in [4.78, 5) is 13.3. The molecule has 0 fully saturated rings. The Morgan fingerprint density at radius 3 is 2.65 bits per heavy atom. The van der Waals surface area contributed by atoms with Crippen LogP contribution in [-0.2, 0) is 6.42 Å². The number of imidazole rings is 1. The SMILES string of the molecule is CCC(=N)Cc1ccc(-n2c(C)nc3cnc4ccc(C#Cc5cccnc5)cc4c32)cc1F. The molecular weight excluding hydrogens is 425 g/mol. The van der Waals surface area contributed by atoms with E-state index in [0.29, 0.717) is 29.8 Å². The van der Waals surface area contributed by atoms with Crippen LogP contribution in [0.3, 0.4) is 0 Å². The Labute approximate surface area is 196 Å². The third kappa shape index (κ3) is 4.04. The van der Waals surface area contributed by atoms with E-state index in [1.807, 2.05) is 54.8 Å². The van der Waals surface area contributed by atoms with Gasteiger partial charge in [0, 0.05) is 41.0 Å². The fourth-order valence-corrected chi connectivity index (χ4v) is 4.02. The van der Waals surface area contributed by atoms with Gasteiger partial charge in [0.25, 0.3) is 0 Å². The van der Waals surface area contributed by atoms with Gasteiger partial charge in [0.2, 0.25) is 0 Å². The molecule has 0 saturated carbocycles. The molecule has 0 aliphatic rings. The van der Waals surface area contributed by atoms with Crippen molar-refractivity contribution in [1.29, 1.82) is 5.41 Å². The van der Waals surface area contributed by atoms with Gasteiger partial charge >= 0.3 is 0 Å².